The van der Waals surface area contributed by atoms with E-state index in [0.717, 1.165) is 18.8 Å². The van der Waals surface area contributed by atoms with Gasteiger partial charge in [-0.25, -0.2) is 0 Å². The Hall–Kier alpha value is -0.330. The van der Waals surface area contributed by atoms with Crippen molar-refractivity contribution in [3.05, 3.63) is 0 Å². The van der Waals surface area contributed by atoms with E-state index in [9.17, 15) is 4.79 Å². The van der Waals surface area contributed by atoms with Crippen LogP contribution in [0.4, 0.5) is 0 Å². The number of rotatable bonds is 0. The number of fused-ring (bicyclic) bond motifs is 1. The van der Waals surface area contributed by atoms with Crippen LogP contribution in [0.25, 0.3) is 0 Å². The predicted molar refractivity (Wildman–Crippen MR) is 65.1 cm³/mol. The zero-order valence-electron chi connectivity index (χ0n) is 11.1. The number of carbonyl (C=O) groups excluding carboxylic acids is 1. The highest BCUT2D eigenvalue weighted by Gasteiger charge is 2.69. The molecule has 0 aromatic rings. The summed E-state index contributed by atoms with van der Waals surface area (Å²) in [6.07, 6.45) is 5.94. The first-order valence-electron chi connectivity index (χ1n) is 6.84. The van der Waals surface area contributed by atoms with Crippen LogP contribution >= 0.6 is 0 Å². The maximum atomic E-state index is 12.4. The molecule has 16 heavy (non-hydrogen) atoms. The lowest BCUT2D eigenvalue weighted by molar-refractivity contribution is -0.146. The summed E-state index contributed by atoms with van der Waals surface area (Å²) in [4.78, 5) is 12.4. The molecule has 0 radical (unpaired) electrons. The standard InChI is InChI=1S/C15H24O/c1-13(2)7-6-11(16)12-14(3,4)10-5-8-15(12,13)9-10/h10,12H,5-9H2,1-4H3/t10-,12?,15-/m0/s1. The Labute approximate surface area is 99.0 Å². The Morgan fingerprint density at radius 3 is 2.44 bits per heavy atom. The molecule has 3 aliphatic carbocycles. The summed E-state index contributed by atoms with van der Waals surface area (Å²) in [6.45, 7) is 9.53. The van der Waals surface area contributed by atoms with E-state index >= 15 is 0 Å². The van der Waals surface area contributed by atoms with Gasteiger partial charge in [0.05, 0.1) is 0 Å². The van der Waals surface area contributed by atoms with Gasteiger partial charge in [0.25, 0.3) is 0 Å². The van der Waals surface area contributed by atoms with Crippen molar-refractivity contribution < 1.29 is 4.79 Å². The van der Waals surface area contributed by atoms with E-state index in [-0.39, 0.29) is 5.41 Å². The molecule has 3 fully saturated rings. The molecule has 0 heterocycles. The van der Waals surface area contributed by atoms with Crippen LogP contribution < -0.4 is 0 Å². The number of ketones is 1. The van der Waals surface area contributed by atoms with E-state index in [1.807, 2.05) is 0 Å². The molecule has 90 valence electrons. The van der Waals surface area contributed by atoms with Crippen LogP contribution in [0.3, 0.4) is 0 Å². The zero-order valence-corrected chi connectivity index (χ0v) is 11.1. The van der Waals surface area contributed by atoms with Crippen LogP contribution in [0, 0.1) is 28.1 Å². The fourth-order valence-corrected chi connectivity index (χ4v) is 5.48. The molecule has 0 saturated heterocycles. The summed E-state index contributed by atoms with van der Waals surface area (Å²) in [5, 5.41) is 0. The summed E-state index contributed by atoms with van der Waals surface area (Å²) in [5.74, 6) is 1.74. The average molecular weight is 220 g/mol. The highest BCUT2D eigenvalue weighted by molar-refractivity contribution is 5.84. The normalized spacial score (nSPS) is 48.1. The second kappa shape index (κ2) is 2.73. The van der Waals surface area contributed by atoms with Gasteiger partial charge in [-0.15, -0.1) is 0 Å². The third-order valence-electron chi connectivity index (χ3n) is 6.56. The van der Waals surface area contributed by atoms with Crippen molar-refractivity contribution in [3.8, 4) is 0 Å². The molecule has 0 N–H and O–H groups in total. The van der Waals surface area contributed by atoms with Crippen molar-refractivity contribution in [2.75, 3.05) is 0 Å². The minimum atomic E-state index is 0.271. The summed E-state index contributed by atoms with van der Waals surface area (Å²) >= 11 is 0. The lowest BCUT2D eigenvalue weighted by Gasteiger charge is -2.54. The first-order valence-corrected chi connectivity index (χ1v) is 6.84. The van der Waals surface area contributed by atoms with E-state index in [1.54, 1.807) is 0 Å². The van der Waals surface area contributed by atoms with Gasteiger partial charge in [-0.1, -0.05) is 27.7 Å². The quantitative estimate of drug-likeness (QED) is 0.606. The highest BCUT2D eigenvalue weighted by Crippen LogP contribution is 2.74. The molecule has 2 bridgehead atoms. The summed E-state index contributed by atoms with van der Waals surface area (Å²) in [5.41, 5.74) is 1.01. The Morgan fingerprint density at radius 2 is 1.81 bits per heavy atom. The molecule has 0 aromatic heterocycles. The van der Waals surface area contributed by atoms with Gasteiger partial charge in [0.1, 0.15) is 5.78 Å². The molecule has 1 heteroatoms. The van der Waals surface area contributed by atoms with Crippen molar-refractivity contribution in [2.45, 2.75) is 59.8 Å². The minimum absolute atomic E-state index is 0.271. The maximum absolute atomic E-state index is 12.4. The molecule has 1 spiro atoms. The highest BCUT2D eigenvalue weighted by atomic mass is 16.1. The molecular formula is C15H24O. The van der Waals surface area contributed by atoms with Crippen molar-refractivity contribution in [2.24, 2.45) is 28.1 Å². The van der Waals surface area contributed by atoms with Crippen LogP contribution in [-0.2, 0) is 4.79 Å². The smallest absolute Gasteiger partial charge is 0.137 e. The Morgan fingerprint density at radius 1 is 1.12 bits per heavy atom. The molecule has 3 aliphatic rings. The molecule has 3 atom stereocenters. The summed E-state index contributed by atoms with van der Waals surface area (Å²) < 4.78 is 0. The largest absolute Gasteiger partial charge is 0.299 e. The van der Waals surface area contributed by atoms with E-state index in [1.165, 1.54) is 19.3 Å². The van der Waals surface area contributed by atoms with E-state index < -0.39 is 0 Å². The van der Waals surface area contributed by atoms with E-state index in [2.05, 4.69) is 27.7 Å². The number of carbonyl (C=O) groups is 1. The second-order valence-corrected chi connectivity index (χ2v) is 7.70. The fraction of sp³-hybridized carbons (Fsp3) is 0.933. The molecule has 3 saturated carbocycles. The zero-order chi connectivity index (χ0) is 11.8. The van der Waals surface area contributed by atoms with Gasteiger partial charge in [-0.2, -0.15) is 0 Å². The van der Waals surface area contributed by atoms with Gasteiger partial charge in [-0.3, -0.25) is 4.79 Å². The van der Waals surface area contributed by atoms with Crippen molar-refractivity contribution in [1.29, 1.82) is 0 Å². The van der Waals surface area contributed by atoms with E-state index in [0.29, 0.717) is 22.5 Å². The lowest BCUT2D eigenvalue weighted by Crippen LogP contribution is -2.52. The van der Waals surface area contributed by atoms with Crippen LogP contribution in [0.15, 0.2) is 0 Å². The fourth-order valence-electron chi connectivity index (χ4n) is 5.48. The number of hydrogen-bond acceptors (Lipinski definition) is 1. The van der Waals surface area contributed by atoms with Crippen molar-refractivity contribution in [1.82, 2.24) is 0 Å². The molecule has 1 unspecified atom stereocenters. The van der Waals surface area contributed by atoms with Crippen molar-refractivity contribution >= 4 is 5.78 Å². The first kappa shape index (κ1) is 10.8. The first-order chi connectivity index (χ1) is 7.31. The van der Waals surface area contributed by atoms with Gasteiger partial charge in [0, 0.05) is 12.3 Å². The maximum Gasteiger partial charge on any atom is 0.137 e. The summed E-state index contributed by atoms with van der Waals surface area (Å²) in [6, 6.07) is 0. The minimum Gasteiger partial charge on any atom is -0.299 e. The van der Waals surface area contributed by atoms with Crippen LogP contribution in [0.1, 0.15) is 59.8 Å². The second-order valence-electron chi connectivity index (χ2n) is 7.70. The Balaban J connectivity index is 2.14. The third-order valence-corrected chi connectivity index (χ3v) is 6.56. The monoisotopic (exact) mass is 220 g/mol. The van der Waals surface area contributed by atoms with Crippen LogP contribution in [0.5, 0.6) is 0 Å². The lowest BCUT2D eigenvalue weighted by atomic mass is 9.49. The molecule has 0 aromatic carbocycles. The van der Waals surface area contributed by atoms with Crippen molar-refractivity contribution in [3.63, 3.8) is 0 Å². The number of Topliss-reactive ketones (excluding diaryl/α,β-unsaturated/α-hetero) is 1. The Kier molecular flexibility index (Phi) is 1.85. The molecular weight excluding hydrogens is 196 g/mol. The SMILES string of the molecule is CC1(C)C2C(=O)CCC(C)(C)[C@]23CC[C@H]1C3. The van der Waals surface area contributed by atoms with Gasteiger partial charge in [-0.05, 0) is 47.8 Å². The predicted octanol–water partition coefficient (Wildman–Crippen LogP) is 3.82. The van der Waals surface area contributed by atoms with Gasteiger partial charge < -0.3 is 0 Å². The van der Waals surface area contributed by atoms with Gasteiger partial charge in [0.2, 0.25) is 0 Å². The van der Waals surface area contributed by atoms with Gasteiger partial charge >= 0.3 is 0 Å². The van der Waals surface area contributed by atoms with E-state index in [4.69, 9.17) is 0 Å². The topological polar surface area (TPSA) is 17.1 Å². The summed E-state index contributed by atoms with van der Waals surface area (Å²) in [7, 11) is 0. The van der Waals surface area contributed by atoms with Crippen LogP contribution in [0.2, 0.25) is 0 Å². The molecule has 3 rings (SSSR count). The molecule has 0 amide bonds. The third kappa shape index (κ3) is 0.966. The molecule has 0 aliphatic heterocycles. The Bertz CT molecular complexity index is 352. The van der Waals surface area contributed by atoms with Gasteiger partial charge in [0.15, 0.2) is 0 Å². The average Bonchev–Trinajstić information content (AvgIpc) is 2.67. The van der Waals surface area contributed by atoms with Crippen LogP contribution in [-0.4, -0.2) is 5.78 Å². The number of hydrogen-bond donors (Lipinski definition) is 0. The molecule has 1 nitrogen and oxygen atoms in total.